The first-order valence-corrected chi connectivity index (χ1v) is 3.14. The molecule has 1 heterocycles. The van der Waals surface area contributed by atoms with Gasteiger partial charge in [-0.3, -0.25) is 4.79 Å². The Morgan fingerprint density at radius 3 is 2.55 bits per heavy atom. The van der Waals surface area contributed by atoms with Gasteiger partial charge >= 0.3 is 0 Å². The van der Waals surface area contributed by atoms with Gasteiger partial charge in [0.2, 0.25) is 5.97 Å². The van der Waals surface area contributed by atoms with Crippen molar-refractivity contribution in [3.63, 3.8) is 0 Å². The third-order valence-electron chi connectivity index (χ3n) is 0.992. The van der Waals surface area contributed by atoms with Crippen LogP contribution < -0.4 is 0 Å². The summed E-state index contributed by atoms with van der Waals surface area (Å²) in [5.74, 6) is -0.514. The Morgan fingerprint density at radius 2 is 2.09 bits per heavy atom. The molecule has 0 aliphatic carbocycles. The molecule has 1 aliphatic rings. The molecule has 0 spiro atoms. The first-order valence-electron chi connectivity index (χ1n) is 3.14. The summed E-state index contributed by atoms with van der Waals surface area (Å²) in [7, 11) is 0. The van der Waals surface area contributed by atoms with E-state index in [1.807, 2.05) is 0 Å². The van der Waals surface area contributed by atoms with Gasteiger partial charge in [-0.2, -0.15) is 0 Å². The Balaban J connectivity index is 0.000001000. The minimum Gasteiger partial charge on any atom is -0.492 e. The fraction of sp³-hybridized carbons (Fsp3) is 0.667. The van der Waals surface area contributed by atoms with Gasteiger partial charge in [0, 0.05) is 31.8 Å². The van der Waals surface area contributed by atoms with E-state index in [0.717, 1.165) is 0 Å². The molecule has 1 aliphatic heterocycles. The predicted octanol–water partition coefficient (Wildman–Crippen LogP) is 0.0833. The van der Waals surface area contributed by atoms with Crippen LogP contribution in [0.25, 0.3) is 0 Å². The van der Waals surface area contributed by atoms with Crippen molar-refractivity contribution >= 4 is 5.97 Å². The van der Waals surface area contributed by atoms with Gasteiger partial charge in [0.25, 0.3) is 0 Å². The molecule has 0 aromatic carbocycles. The Kier molecular flexibility index (Phi) is 5.41. The van der Waals surface area contributed by atoms with Gasteiger partial charge in [-0.05, 0) is 13.2 Å². The number of ether oxygens (including phenoxy) is 3. The Bertz CT molecular complexity index is 122. The number of hydrogen-bond acceptors (Lipinski definition) is 4. The van der Waals surface area contributed by atoms with Crippen LogP contribution in [0.4, 0.5) is 0 Å². The molecule has 0 N–H and O–H groups in total. The van der Waals surface area contributed by atoms with Gasteiger partial charge in [0.05, 0.1) is 6.61 Å². The fourth-order valence-electron chi connectivity index (χ4n) is 0.618. The van der Waals surface area contributed by atoms with E-state index < -0.39 is 5.97 Å². The second kappa shape index (κ2) is 5.49. The van der Waals surface area contributed by atoms with Crippen molar-refractivity contribution in [2.45, 2.75) is 6.92 Å². The van der Waals surface area contributed by atoms with E-state index >= 15 is 0 Å². The van der Waals surface area contributed by atoms with Crippen LogP contribution in [-0.4, -0.2) is 25.8 Å². The predicted molar refractivity (Wildman–Crippen MR) is 31.8 cm³/mol. The average Bonchev–Trinajstić information content (AvgIpc) is 2.38. The Hall–Kier alpha value is -0.156. The summed E-state index contributed by atoms with van der Waals surface area (Å²) in [6, 6.07) is 0. The van der Waals surface area contributed by atoms with Crippen LogP contribution in [0, 0.1) is 6.29 Å². The number of carbonyl (C=O) groups is 1. The van der Waals surface area contributed by atoms with Crippen molar-refractivity contribution in [1.29, 1.82) is 0 Å². The number of rotatable bonds is 2. The summed E-state index contributed by atoms with van der Waals surface area (Å²) in [6.45, 7) is 2.95. The summed E-state index contributed by atoms with van der Waals surface area (Å²) >= 11 is 0. The van der Waals surface area contributed by atoms with Crippen molar-refractivity contribution in [2.24, 2.45) is 0 Å². The van der Waals surface area contributed by atoms with Crippen molar-refractivity contribution in [3.05, 3.63) is 6.29 Å². The Labute approximate surface area is 77.1 Å². The summed E-state index contributed by atoms with van der Waals surface area (Å²) < 4.78 is 14.2. The first kappa shape index (κ1) is 10.8. The molecular formula is C6H9O4V-. The normalized spacial score (nSPS) is 15.9. The van der Waals surface area contributed by atoms with Crippen LogP contribution in [-0.2, 0) is 37.6 Å². The van der Waals surface area contributed by atoms with Crippen LogP contribution >= 0.6 is 0 Å². The van der Waals surface area contributed by atoms with Crippen LogP contribution in [0.3, 0.4) is 0 Å². The van der Waals surface area contributed by atoms with Gasteiger partial charge in [-0.25, -0.2) is 0 Å². The molecular weight excluding hydrogens is 187 g/mol. The third kappa shape index (κ3) is 3.16. The summed E-state index contributed by atoms with van der Waals surface area (Å²) in [6.07, 6.45) is -0.0122. The SMILES string of the molecule is CCOC(=O)[C-]1OCCO1.[V]. The molecule has 4 nitrogen and oxygen atoms in total. The minimum atomic E-state index is -0.514. The molecule has 0 atom stereocenters. The van der Waals surface area contributed by atoms with Crippen LogP contribution in [0.2, 0.25) is 0 Å². The standard InChI is InChI=1S/C6H9O4.V/c1-2-8-5(7)6-9-3-4-10-6;/h2-4H2,1H3;/q-1;. The number of hydrogen-bond donors (Lipinski definition) is 0. The Morgan fingerprint density at radius 1 is 1.55 bits per heavy atom. The van der Waals surface area contributed by atoms with Crippen molar-refractivity contribution in [2.75, 3.05) is 19.8 Å². The van der Waals surface area contributed by atoms with Gasteiger partial charge < -0.3 is 14.2 Å². The van der Waals surface area contributed by atoms with Crippen molar-refractivity contribution in [1.82, 2.24) is 0 Å². The van der Waals surface area contributed by atoms with Gasteiger partial charge in [0.1, 0.15) is 0 Å². The monoisotopic (exact) mass is 196 g/mol. The second-order valence-corrected chi connectivity index (χ2v) is 1.70. The molecule has 1 saturated heterocycles. The topological polar surface area (TPSA) is 44.8 Å². The minimum absolute atomic E-state index is 0. The van der Waals surface area contributed by atoms with Crippen LogP contribution in [0.5, 0.6) is 0 Å². The molecule has 0 saturated carbocycles. The summed E-state index contributed by atoms with van der Waals surface area (Å²) in [5, 5.41) is 0. The van der Waals surface area contributed by atoms with Crippen molar-refractivity contribution in [3.8, 4) is 0 Å². The molecule has 0 amide bonds. The van der Waals surface area contributed by atoms with E-state index in [2.05, 4.69) is 4.74 Å². The molecule has 1 rings (SSSR count). The molecule has 0 aromatic heterocycles. The van der Waals surface area contributed by atoms with E-state index in [1.54, 1.807) is 6.92 Å². The second-order valence-electron chi connectivity index (χ2n) is 1.70. The third-order valence-corrected chi connectivity index (χ3v) is 0.992. The number of carbonyl (C=O) groups excluding carboxylic acids is 1. The maximum atomic E-state index is 10.7. The van der Waals surface area contributed by atoms with Gasteiger partial charge in [-0.1, -0.05) is 0 Å². The largest absolute Gasteiger partial charge is 0.492 e. The zero-order chi connectivity index (χ0) is 7.40. The molecule has 1 radical (unpaired) electrons. The average molecular weight is 196 g/mol. The summed E-state index contributed by atoms with van der Waals surface area (Å²) in [5.41, 5.74) is 0. The van der Waals surface area contributed by atoms with Crippen LogP contribution in [0.15, 0.2) is 0 Å². The molecule has 63 valence electrons. The van der Waals surface area contributed by atoms with E-state index in [4.69, 9.17) is 9.47 Å². The molecule has 0 unspecified atom stereocenters. The molecule has 0 bridgehead atoms. The quantitative estimate of drug-likeness (QED) is 0.463. The zero-order valence-electron chi connectivity index (χ0n) is 6.20. The molecule has 1 fully saturated rings. The van der Waals surface area contributed by atoms with Gasteiger partial charge in [-0.15, -0.1) is 0 Å². The van der Waals surface area contributed by atoms with Crippen LogP contribution in [0.1, 0.15) is 6.92 Å². The zero-order valence-corrected chi connectivity index (χ0v) is 7.60. The maximum Gasteiger partial charge on any atom is 0.218 e. The van der Waals surface area contributed by atoms with E-state index in [1.165, 1.54) is 0 Å². The van der Waals surface area contributed by atoms with E-state index in [-0.39, 0.29) is 24.8 Å². The van der Waals surface area contributed by atoms with Gasteiger partial charge in [0.15, 0.2) is 0 Å². The molecule has 11 heavy (non-hydrogen) atoms. The first-order chi connectivity index (χ1) is 4.84. The molecule has 5 heteroatoms. The van der Waals surface area contributed by atoms with E-state index in [0.29, 0.717) is 19.8 Å². The number of esters is 1. The molecule has 0 aromatic rings. The van der Waals surface area contributed by atoms with E-state index in [9.17, 15) is 4.79 Å². The maximum absolute atomic E-state index is 10.7. The smallest absolute Gasteiger partial charge is 0.218 e. The van der Waals surface area contributed by atoms with Crippen molar-refractivity contribution < 1.29 is 37.6 Å². The summed E-state index contributed by atoms with van der Waals surface area (Å²) in [4.78, 5) is 10.7. The fourth-order valence-corrected chi connectivity index (χ4v) is 0.618.